The quantitative estimate of drug-likeness (QED) is 0.688. The molecule has 0 radical (unpaired) electrons. The molecule has 0 aromatic carbocycles. The molecule has 1 aromatic rings. The topological polar surface area (TPSA) is 83.7 Å². The van der Waals surface area contributed by atoms with Crippen LogP contribution >= 0.6 is 15.9 Å². The van der Waals surface area contributed by atoms with Crippen molar-refractivity contribution in [3.8, 4) is 6.07 Å². The van der Waals surface area contributed by atoms with E-state index in [9.17, 15) is 8.42 Å². The molecule has 0 N–H and O–H groups in total. The van der Waals surface area contributed by atoms with Gasteiger partial charge in [-0.05, 0) is 15.9 Å². The second-order valence-electron chi connectivity index (χ2n) is 2.23. The minimum Gasteiger partial charge on any atom is -0.226 e. The molecular formula is C6H4BrN3O2S. The Morgan fingerprint density at radius 3 is 2.69 bits per heavy atom. The number of hydrogen-bond donors (Lipinski definition) is 0. The normalized spacial score (nSPS) is 10.8. The molecule has 0 spiro atoms. The minimum atomic E-state index is -3.45. The molecule has 0 atom stereocenters. The van der Waals surface area contributed by atoms with Crippen molar-refractivity contribution >= 4 is 25.8 Å². The molecule has 0 aliphatic carbocycles. The van der Waals surface area contributed by atoms with E-state index in [4.69, 9.17) is 5.26 Å². The number of nitrogens with zero attached hydrogens (tertiary/aromatic N) is 3. The van der Waals surface area contributed by atoms with Gasteiger partial charge in [0, 0.05) is 12.5 Å². The predicted molar refractivity (Wildman–Crippen MR) is 47.6 cm³/mol. The fourth-order valence-corrected chi connectivity index (χ4v) is 1.39. The van der Waals surface area contributed by atoms with Gasteiger partial charge in [0.25, 0.3) is 0 Å². The second-order valence-corrected chi connectivity index (χ2v) is 5.00. The third-order valence-corrected chi connectivity index (χ3v) is 2.60. The van der Waals surface area contributed by atoms with Gasteiger partial charge in [-0.15, -0.1) is 0 Å². The molecule has 7 heteroatoms. The smallest absolute Gasteiger partial charge is 0.226 e. The number of aromatic nitrogens is 2. The SMILES string of the molecule is CS(=O)(=O)c1ncc(Br)c(C#N)n1. The van der Waals surface area contributed by atoms with E-state index in [0.717, 1.165) is 6.26 Å². The number of rotatable bonds is 1. The van der Waals surface area contributed by atoms with E-state index < -0.39 is 9.84 Å². The van der Waals surface area contributed by atoms with Crippen molar-refractivity contribution in [1.29, 1.82) is 5.26 Å². The van der Waals surface area contributed by atoms with E-state index in [0.29, 0.717) is 4.47 Å². The molecule has 0 saturated heterocycles. The van der Waals surface area contributed by atoms with Gasteiger partial charge in [0.15, 0.2) is 5.69 Å². The van der Waals surface area contributed by atoms with Gasteiger partial charge in [-0.2, -0.15) is 5.26 Å². The third kappa shape index (κ3) is 2.23. The Hall–Kier alpha value is -1.00. The molecule has 0 aliphatic rings. The minimum absolute atomic E-state index is 0.00965. The fraction of sp³-hybridized carbons (Fsp3) is 0.167. The molecule has 0 amide bonds. The van der Waals surface area contributed by atoms with E-state index in [1.807, 2.05) is 0 Å². The Kier molecular flexibility index (Phi) is 2.63. The fourth-order valence-electron chi connectivity index (χ4n) is 0.608. The van der Waals surface area contributed by atoms with Gasteiger partial charge < -0.3 is 0 Å². The highest BCUT2D eigenvalue weighted by Crippen LogP contribution is 2.13. The zero-order valence-electron chi connectivity index (χ0n) is 6.52. The molecule has 0 unspecified atom stereocenters. The standard InChI is InChI=1S/C6H4BrN3O2S/c1-13(11,12)6-9-3-4(7)5(2-8)10-6/h3H,1H3. The average molecular weight is 262 g/mol. The van der Waals surface area contributed by atoms with Crippen LogP contribution in [-0.4, -0.2) is 24.6 Å². The third-order valence-electron chi connectivity index (χ3n) is 1.16. The van der Waals surface area contributed by atoms with Crippen molar-refractivity contribution in [1.82, 2.24) is 9.97 Å². The van der Waals surface area contributed by atoms with Crippen LogP contribution in [0.5, 0.6) is 0 Å². The highest BCUT2D eigenvalue weighted by Gasteiger charge is 2.13. The van der Waals surface area contributed by atoms with Crippen molar-refractivity contribution in [3.63, 3.8) is 0 Å². The van der Waals surface area contributed by atoms with E-state index >= 15 is 0 Å². The average Bonchev–Trinajstić information content (AvgIpc) is 2.03. The van der Waals surface area contributed by atoms with Gasteiger partial charge in [0.2, 0.25) is 15.0 Å². The van der Waals surface area contributed by atoms with Gasteiger partial charge in [-0.25, -0.2) is 18.4 Å². The summed E-state index contributed by atoms with van der Waals surface area (Å²) in [5.41, 5.74) is 0.00965. The van der Waals surface area contributed by atoms with Gasteiger partial charge in [-0.1, -0.05) is 0 Å². The van der Waals surface area contributed by atoms with Crippen LogP contribution in [0.1, 0.15) is 5.69 Å². The molecule has 1 aromatic heterocycles. The molecule has 13 heavy (non-hydrogen) atoms. The molecule has 0 fully saturated rings. The Morgan fingerprint density at radius 2 is 2.23 bits per heavy atom. The van der Waals surface area contributed by atoms with Crippen molar-refractivity contribution < 1.29 is 8.42 Å². The van der Waals surface area contributed by atoms with Crippen LogP contribution < -0.4 is 0 Å². The molecule has 5 nitrogen and oxygen atoms in total. The van der Waals surface area contributed by atoms with Crippen LogP contribution in [0.15, 0.2) is 15.8 Å². The first kappa shape index (κ1) is 10.1. The van der Waals surface area contributed by atoms with Gasteiger partial charge >= 0.3 is 0 Å². The molecule has 0 bridgehead atoms. The number of sulfone groups is 1. The summed E-state index contributed by atoms with van der Waals surface area (Å²) in [4.78, 5) is 7.12. The summed E-state index contributed by atoms with van der Waals surface area (Å²) in [7, 11) is -3.45. The predicted octanol–water partition coefficient (Wildman–Crippen LogP) is 0.514. The maximum atomic E-state index is 11.0. The Balaban J connectivity index is 3.41. The van der Waals surface area contributed by atoms with Crippen LogP contribution in [0, 0.1) is 11.3 Å². The summed E-state index contributed by atoms with van der Waals surface area (Å²) in [5, 5.41) is 8.20. The first-order valence-electron chi connectivity index (χ1n) is 3.08. The summed E-state index contributed by atoms with van der Waals surface area (Å²) in [6.45, 7) is 0. The van der Waals surface area contributed by atoms with E-state index in [1.165, 1.54) is 6.20 Å². The molecule has 1 rings (SSSR count). The number of nitriles is 1. The van der Waals surface area contributed by atoms with Crippen molar-refractivity contribution in [3.05, 3.63) is 16.4 Å². The summed E-state index contributed by atoms with van der Waals surface area (Å²) in [5.74, 6) is 0. The summed E-state index contributed by atoms with van der Waals surface area (Å²) < 4.78 is 22.3. The second kappa shape index (κ2) is 3.40. The van der Waals surface area contributed by atoms with E-state index in [1.54, 1.807) is 6.07 Å². The van der Waals surface area contributed by atoms with Crippen LogP contribution in [0.4, 0.5) is 0 Å². The summed E-state index contributed by atoms with van der Waals surface area (Å²) in [6.07, 6.45) is 2.22. The lowest BCUT2D eigenvalue weighted by Gasteiger charge is -1.97. The first-order chi connectivity index (χ1) is 5.95. The lowest BCUT2D eigenvalue weighted by Crippen LogP contribution is -2.05. The zero-order chi connectivity index (χ0) is 10.1. The lowest BCUT2D eigenvalue weighted by atomic mass is 10.4. The van der Waals surface area contributed by atoms with Crippen LogP contribution in [0.3, 0.4) is 0 Å². The van der Waals surface area contributed by atoms with Crippen molar-refractivity contribution in [2.24, 2.45) is 0 Å². The van der Waals surface area contributed by atoms with Crippen LogP contribution in [0.25, 0.3) is 0 Å². The molecular weight excluding hydrogens is 258 g/mol. The Bertz CT molecular complexity index is 477. The van der Waals surface area contributed by atoms with Crippen molar-refractivity contribution in [2.45, 2.75) is 5.16 Å². The van der Waals surface area contributed by atoms with E-state index in [-0.39, 0.29) is 10.9 Å². The highest BCUT2D eigenvalue weighted by molar-refractivity contribution is 9.10. The molecule has 0 saturated carbocycles. The van der Waals surface area contributed by atoms with Crippen LogP contribution in [0.2, 0.25) is 0 Å². The maximum Gasteiger partial charge on any atom is 0.248 e. The Morgan fingerprint density at radius 1 is 1.62 bits per heavy atom. The zero-order valence-corrected chi connectivity index (χ0v) is 8.92. The summed E-state index contributed by atoms with van der Waals surface area (Å²) in [6, 6.07) is 1.75. The van der Waals surface area contributed by atoms with Crippen molar-refractivity contribution in [2.75, 3.05) is 6.26 Å². The lowest BCUT2D eigenvalue weighted by molar-refractivity contribution is 0.592. The van der Waals surface area contributed by atoms with E-state index in [2.05, 4.69) is 25.9 Å². The highest BCUT2D eigenvalue weighted by atomic mass is 79.9. The maximum absolute atomic E-state index is 11.0. The summed E-state index contributed by atoms with van der Waals surface area (Å²) >= 11 is 3.02. The molecule has 68 valence electrons. The first-order valence-corrected chi connectivity index (χ1v) is 5.76. The largest absolute Gasteiger partial charge is 0.248 e. The number of halogens is 1. The Labute approximate surface area is 83.5 Å². The van der Waals surface area contributed by atoms with Crippen LogP contribution in [-0.2, 0) is 9.84 Å². The van der Waals surface area contributed by atoms with Gasteiger partial charge in [0.1, 0.15) is 6.07 Å². The number of hydrogen-bond acceptors (Lipinski definition) is 5. The monoisotopic (exact) mass is 261 g/mol. The van der Waals surface area contributed by atoms with Gasteiger partial charge in [-0.3, -0.25) is 0 Å². The molecule has 1 heterocycles. The molecule has 0 aliphatic heterocycles. The van der Waals surface area contributed by atoms with Gasteiger partial charge in [0.05, 0.1) is 4.47 Å².